The number of aromatic carboxylic acids is 1. The Morgan fingerprint density at radius 2 is 1.11 bits per heavy atom. The van der Waals surface area contributed by atoms with Crippen LogP contribution in [0.1, 0.15) is 72.2 Å². The molecule has 0 unspecified atom stereocenters. The molecule has 10 nitrogen and oxygen atoms in total. The highest BCUT2D eigenvalue weighted by molar-refractivity contribution is 6.09. The molecule has 10 heteroatoms. The molecule has 0 atom stereocenters. The zero-order valence-electron chi connectivity index (χ0n) is 27.6. The number of hydrogen-bond acceptors (Lipinski definition) is 5. The van der Waals surface area contributed by atoms with E-state index in [1.807, 2.05) is 95.3 Å². The maximum absolute atomic E-state index is 12.7. The molecule has 4 heterocycles. The van der Waals surface area contributed by atoms with Gasteiger partial charge in [0.2, 0.25) is 0 Å². The molecule has 0 spiro atoms. The minimum atomic E-state index is -0.880. The van der Waals surface area contributed by atoms with Crippen LogP contribution in [-0.2, 0) is 13.0 Å². The molecular weight excluding hydrogens is 594 g/mol. The minimum Gasteiger partial charge on any atom is -0.478 e. The number of Topliss-reactive ketones (excluding diaryl/α,β-unsaturated/α-hetero) is 1. The lowest BCUT2D eigenvalue weighted by atomic mass is 9.99. The Kier molecular flexibility index (Phi) is 10.8. The highest BCUT2D eigenvalue weighted by Gasteiger charge is 2.17. The molecule has 2 aromatic carbocycles. The molecule has 0 fully saturated rings. The zero-order valence-corrected chi connectivity index (χ0v) is 27.6. The maximum Gasteiger partial charge on any atom is 0.338 e. The average molecular weight is 636 g/mol. The van der Waals surface area contributed by atoms with E-state index in [0.717, 1.165) is 55.6 Å². The second-order valence-electron chi connectivity index (χ2n) is 11.7. The van der Waals surface area contributed by atoms with Crippen LogP contribution in [0.2, 0.25) is 0 Å². The first kappa shape index (κ1) is 34.4. The number of pyridine rings is 2. The summed E-state index contributed by atoms with van der Waals surface area (Å²) in [5, 5.41) is 10.7. The average Bonchev–Trinajstić information content (AvgIpc) is 3.52. The number of nitrogens with two attached hydrogens (primary N) is 1. The molecule has 0 aliphatic carbocycles. The van der Waals surface area contributed by atoms with Gasteiger partial charge in [0.1, 0.15) is 0 Å². The van der Waals surface area contributed by atoms with E-state index in [4.69, 9.17) is 10.8 Å². The van der Waals surface area contributed by atoms with Crippen molar-refractivity contribution < 1.29 is 14.7 Å². The molecule has 47 heavy (non-hydrogen) atoms. The third kappa shape index (κ3) is 7.85. The van der Waals surface area contributed by atoms with Crippen LogP contribution in [0, 0.1) is 41.5 Å². The zero-order chi connectivity index (χ0) is 34.4. The highest BCUT2D eigenvalue weighted by atomic mass is 16.4. The number of aryl methyl sites for hydroxylation is 6. The number of benzene rings is 2. The number of carbonyl (C=O) groups is 2. The Hall–Kier alpha value is -5.48. The van der Waals surface area contributed by atoms with Crippen LogP contribution in [0.15, 0.2) is 70.3 Å². The van der Waals surface area contributed by atoms with Gasteiger partial charge in [-0.2, -0.15) is 0 Å². The van der Waals surface area contributed by atoms with Crippen LogP contribution in [0.5, 0.6) is 0 Å². The van der Waals surface area contributed by atoms with Crippen molar-refractivity contribution in [1.29, 1.82) is 0 Å². The standard InChI is InChI=1S/C19H20N2O2.C10H9NO2.C8H12N2O/c1-11-10-12(2)20-19(23)14(11)8-9-17(22)18-13(3)21-16-7-5-4-6-15(16)18;1-6-9(10(12)13)7-4-2-3-5-8(7)11-6;1-5-3-6(2)10-8(11)7(5)4-9/h4-7,10,21H,8-9H2,1-3H3,(H,20,23);2-5,11H,1H3,(H,12,13);3H,4,9H2,1-2H3,(H,10,11). The van der Waals surface area contributed by atoms with Gasteiger partial charge in [0.25, 0.3) is 11.1 Å². The lowest BCUT2D eigenvalue weighted by Gasteiger charge is -2.06. The number of ketones is 1. The number of carboxylic acids is 1. The van der Waals surface area contributed by atoms with Gasteiger partial charge in [-0.1, -0.05) is 36.4 Å². The highest BCUT2D eigenvalue weighted by Crippen LogP contribution is 2.24. The second-order valence-corrected chi connectivity index (χ2v) is 11.7. The number of rotatable bonds is 6. The van der Waals surface area contributed by atoms with E-state index >= 15 is 0 Å². The van der Waals surface area contributed by atoms with Crippen LogP contribution in [0.25, 0.3) is 21.8 Å². The van der Waals surface area contributed by atoms with Gasteiger partial charge >= 0.3 is 5.97 Å². The molecule has 0 saturated carbocycles. The summed E-state index contributed by atoms with van der Waals surface area (Å²) in [6, 6.07) is 19.1. The number of fused-ring (bicyclic) bond motifs is 2. The molecule has 7 N–H and O–H groups in total. The van der Waals surface area contributed by atoms with Crippen molar-refractivity contribution in [2.45, 2.75) is 60.9 Å². The summed E-state index contributed by atoms with van der Waals surface area (Å²) in [5.74, 6) is -0.811. The summed E-state index contributed by atoms with van der Waals surface area (Å²) < 4.78 is 0. The number of aromatic amines is 4. The fourth-order valence-corrected chi connectivity index (χ4v) is 5.88. The lowest BCUT2D eigenvalue weighted by molar-refractivity contribution is 0.0698. The van der Waals surface area contributed by atoms with Gasteiger partial charge in [-0.3, -0.25) is 14.4 Å². The lowest BCUT2D eigenvalue weighted by Crippen LogP contribution is -2.18. The van der Waals surface area contributed by atoms with E-state index in [2.05, 4.69) is 19.9 Å². The van der Waals surface area contributed by atoms with Crippen LogP contribution in [-0.4, -0.2) is 36.8 Å². The molecule has 0 bridgehead atoms. The second kappa shape index (κ2) is 14.7. The molecular formula is C37H41N5O5. The van der Waals surface area contributed by atoms with Crippen LogP contribution in [0.4, 0.5) is 0 Å². The summed E-state index contributed by atoms with van der Waals surface area (Å²) in [7, 11) is 0. The van der Waals surface area contributed by atoms with Gasteiger partial charge in [0.15, 0.2) is 5.78 Å². The Morgan fingerprint density at radius 1 is 0.660 bits per heavy atom. The smallest absolute Gasteiger partial charge is 0.338 e. The summed E-state index contributed by atoms with van der Waals surface area (Å²) >= 11 is 0. The number of para-hydroxylation sites is 2. The quantitative estimate of drug-likeness (QED) is 0.118. The Balaban J connectivity index is 0.000000176. The summed E-state index contributed by atoms with van der Waals surface area (Å²) in [6.07, 6.45) is 0.787. The van der Waals surface area contributed by atoms with Crippen LogP contribution in [0.3, 0.4) is 0 Å². The molecule has 6 aromatic rings. The molecule has 0 aliphatic heterocycles. The number of hydrogen-bond donors (Lipinski definition) is 6. The van der Waals surface area contributed by atoms with Crippen molar-refractivity contribution in [1.82, 2.24) is 19.9 Å². The van der Waals surface area contributed by atoms with Crippen molar-refractivity contribution >= 4 is 33.6 Å². The number of carboxylic acid groups (broad SMARTS) is 1. The monoisotopic (exact) mass is 635 g/mol. The van der Waals surface area contributed by atoms with Gasteiger partial charge in [-0.05, 0) is 83.4 Å². The molecule has 4 aromatic heterocycles. The first-order valence-corrected chi connectivity index (χ1v) is 15.3. The first-order valence-electron chi connectivity index (χ1n) is 15.3. The fraction of sp³-hybridized carbons (Fsp3) is 0.243. The third-order valence-electron chi connectivity index (χ3n) is 8.07. The van der Waals surface area contributed by atoms with Crippen LogP contribution >= 0.6 is 0 Å². The van der Waals surface area contributed by atoms with E-state index in [-0.39, 0.29) is 16.9 Å². The molecule has 6 rings (SSSR count). The normalized spacial score (nSPS) is 10.7. The minimum absolute atomic E-state index is 0.0648. The topological polar surface area (TPSA) is 178 Å². The fourth-order valence-electron chi connectivity index (χ4n) is 5.88. The van der Waals surface area contributed by atoms with E-state index < -0.39 is 5.97 Å². The van der Waals surface area contributed by atoms with Gasteiger partial charge in [-0.15, -0.1) is 0 Å². The third-order valence-corrected chi connectivity index (χ3v) is 8.07. The van der Waals surface area contributed by atoms with E-state index in [0.29, 0.717) is 41.8 Å². The summed E-state index contributed by atoms with van der Waals surface area (Å²) in [5.41, 5.74) is 14.8. The predicted molar refractivity (Wildman–Crippen MR) is 187 cm³/mol. The van der Waals surface area contributed by atoms with E-state index in [1.165, 1.54) is 0 Å². The molecule has 244 valence electrons. The van der Waals surface area contributed by atoms with Gasteiger partial charge in [0.05, 0.1) is 5.56 Å². The SMILES string of the molecule is Cc1[nH]c2ccccc2c1C(=O)O.Cc1cc(C)c(CCC(=O)c2c(C)[nH]c3ccccc23)c(=O)[nH]1.Cc1cc(C)c(CN)c(=O)[nH]1. The Bertz CT molecular complexity index is 2200. The largest absolute Gasteiger partial charge is 0.478 e. The number of carbonyl (C=O) groups excluding carboxylic acids is 1. The molecule has 0 aliphatic rings. The first-order chi connectivity index (χ1) is 22.3. The van der Waals surface area contributed by atoms with E-state index in [9.17, 15) is 19.2 Å². The number of aromatic nitrogens is 4. The summed E-state index contributed by atoms with van der Waals surface area (Å²) in [4.78, 5) is 58.5. The van der Waals surface area contributed by atoms with Crippen molar-refractivity contribution in [2.75, 3.05) is 0 Å². The number of H-pyrrole nitrogens is 4. The molecule has 0 radical (unpaired) electrons. The molecule has 0 saturated heterocycles. The maximum atomic E-state index is 12.7. The Morgan fingerprint density at radius 3 is 1.57 bits per heavy atom. The van der Waals surface area contributed by atoms with Crippen LogP contribution < -0.4 is 16.9 Å². The molecule has 0 amide bonds. The van der Waals surface area contributed by atoms with E-state index in [1.54, 1.807) is 6.92 Å². The van der Waals surface area contributed by atoms with Crippen molar-refractivity contribution in [3.05, 3.63) is 138 Å². The predicted octanol–water partition coefficient (Wildman–Crippen LogP) is 6.22. The van der Waals surface area contributed by atoms with Crippen molar-refractivity contribution in [2.24, 2.45) is 5.73 Å². The Labute approximate surface area is 272 Å². The van der Waals surface area contributed by atoms with Crippen molar-refractivity contribution in [3.63, 3.8) is 0 Å². The number of nitrogens with one attached hydrogen (secondary N) is 4. The van der Waals surface area contributed by atoms with Gasteiger partial charge in [-0.25, -0.2) is 4.79 Å². The van der Waals surface area contributed by atoms with Gasteiger partial charge in [0, 0.05) is 74.2 Å². The van der Waals surface area contributed by atoms with Gasteiger partial charge < -0.3 is 30.8 Å². The summed E-state index contributed by atoms with van der Waals surface area (Å²) in [6.45, 7) is 11.5. The van der Waals surface area contributed by atoms with Crippen molar-refractivity contribution in [3.8, 4) is 0 Å².